The number of carboxylic acids is 1. The van der Waals surface area contributed by atoms with Crippen LogP contribution in [0, 0.1) is 0 Å². The average molecular weight is 490 g/mol. The largest absolute Gasteiger partial charge is 0.491 e. The van der Waals surface area contributed by atoms with E-state index in [1.54, 1.807) is 17.0 Å². The Balaban J connectivity index is 1.62. The van der Waals surface area contributed by atoms with Crippen molar-refractivity contribution in [2.24, 2.45) is 0 Å². The molecular weight excluding hydrogens is 466 g/mol. The molecule has 1 heterocycles. The minimum absolute atomic E-state index is 0.119. The number of benzene rings is 2. The molecule has 0 bridgehead atoms. The van der Waals surface area contributed by atoms with Gasteiger partial charge in [-0.05, 0) is 42.3 Å². The second kappa shape index (κ2) is 11.0. The lowest BCUT2D eigenvalue weighted by molar-refractivity contribution is 0.0447. The Kier molecular flexibility index (Phi) is 8.08. The molecule has 0 unspecified atom stereocenters. The highest BCUT2D eigenvalue weighted by atomic mass is 79.9. The van der Waals surface area contributed by atoms with Crippen molar-refractivity contribution in [1.29, 1.82) is 0 Å². The Labute approximate surface area is 189 Å². The van der Waals surface area contributed by atoms with E-state index in [4.69, 9.17) is 19.3 Å². The van der Waals surface area contributed by atoms with Crippen LogP contribution in [0.2, 0.25) is 0 Å². The lowest BCUT2D eigenvalue weighted by Gasteiger charge is -2.23. The summed E-state index contributed by atoms with van der Waals surface area (Å²) >= 11 is 3.41. The van der Waals surface area contributed by atoms with E-state index in [-0.39, 0.29) is 30.9 Å². The van der Waals surface area contributed by atoms with Gasteiger partial charge in [-0.25, -0.2) is 9.59 Å². The Morgan fingerprint density at radius 1 is 1.23 bits per heavy atom. The normalized spacial score (nSPS) is 17.9. The minimum atomic E-state index is -1.03. The van der Waals surface area contributed by atoms with Gasteiger partial charge in [-0.1, -0.05) is 46.8 Å². The van der Waals surface area contributed by atoms with Crippen molar-refractivity contribution < 1.29 is 28.9 Å². The van der Waals surface area contributed by atoms with Crippen molar-refractivity contribution in [1.82, 2.24) is 4.90 Å². The van der Waals surface area contributed by atoms with Gasteiger partial charge in [0, 0.05) is 4.47 Å². The van der Waals surface area contributed by atoms with Crippen LogP contribution >= 0.6 is 15.9 Å². The second-order valence-electron chi connectivity index (χ2n) is 7.11. The molecule has 0 aromatic heterocycles. The van der Waals surface area contributed by atoms with Gasteiger partial charge in [0.25, 0.3) is 0 Å². The number of carbonyl (C=O) groups is 2. The van der Waals surface area contributed by atoms with Crippen LogP contribution in [0.25, 0.3) is 0 Å². The van der Waals surface area contributed by atoms with Gasteiger partial charge in [-0.2, -0.15) is 0 Å². The topological polar surface area (TPSA) is 85.3 Å². The number of likely N-dealkylation sites (tertiary alicyclic amines) is 1. The Hall–Kier alpha value is -2.84. The van der Waals surface area contributed by atoms with E-state index in [2.05, 4.69) is 22.5 Å². The summed E-state index contributed by atoms with van der Waals surface area (Å²) in [5.74, 6) is -0.596. The number of nitrogens with zero attached hydrogens (tertiary/aromatic N) is 1. The van der Waals surface area contributed by atoms with Crippen LogP contribution in [0.5, 0.6) is 5.75 Å². The van der Waals surface area contributed by atoms with E-state index in [0.29, 0.717) is 25.3 Å². The third-order valence-electron chi connectivity index (χ3n) is 4.86. The lowest BCUT2D eigenvalue weighted by Crippen LogP contribution is -2.39. The third-order valence-corrected chi connectivity index (χ3v) is 5.39. The molecule has 2 aromatic rings. The Morgan fingerprint density at radius 2 is 2.00 bits per heavy atom. The molecule has 0 aliphatic carbocycles. The molecule has 1 aliphatic rings. The highest BCUT2D eigenvalue weighted by Gasteiger charge is 2.37. The van der Waals surface area contributed by atoms with Crippen LogP contribution < -0.4 is 4.74 Å². The molecule has 1 aliphatic heterocycles. The number of aromatic carboxylic acids is 1. The third kappa shape index (κ3) is 6.57. The molecule has 1 amide bonds. The molecule has 7 nitrogen and oxygen atoms in total. The van der Waals surface area contributed by atoms with Crippen LogP contribution in [-0.4, -0.2) is 54.0 Å². The van der Waals surface area contributed by atoms with Crippen molar-refractivity contribution in [3.63, 3.8) is 0 Å². The first kappa shape index (κ1) is 22.8. The lowest BCUT2D eigenvalue weighted by atomic mass is 10.2. The van der Waals surface area contributed by atoms with Gasteiger partial charge < -0.3 is 19.3 Å². The van der Waals surface area contributed by atoms with Crippen LogP contribution in [-0.2, 0) is 16.1 Å². The molecule has 1 fully saturated rings. The summed E-state index contributed by atoms with van der Waals surface area (Å²) in [4.78, 5) is 25.2. The fourth-order valence-electron chi connectivity index (χ4n) is 3.30. The van der Waals surface area contributed by atoms with Gasteiger partial charge in [-0.3, -0.25) is 4.90 Å². The molecular formula is C23H24BrNO6. The molecule has 0 spiro atoms. The minimum Gasteiger partial charge on any atom is -0.491 e. The molecule has 0 saturated carbocycles. The van der Waals surface area contributed by atoms with Crippen molar-refractivity contribution in [3.8, 4) is 5.75 Å². The molecule has 164 valence electrons. The summed E-state index contributed by atoms with van der Waals surface area (Å²) in [5, 5.41) is 9.14. The van der Waals surface area contributed by atoms with E-state index in [9.17, 15) is 9.59 Å². The van der Waals surface area contributed by atoms with Crippen LogP contribution in [0.3, 0.4) is 0 Å². The number of halogens is 1. The van der Waals surface area contributed by atoms with Crippen molar-refractivity contribution in [2.75, 3.05) is 19.8 Å². The fourth-order valence-corrected chi connectivity index (χ4v) is 3.56. The molecule has 8 heteroatoms. The van der Waals surface area contributed by atoms with E-state index >= 15 is 0 Å². The standard InChI is InChI=1S/C23H24BrNO6/c1-2-10-29-23(28)25-13-21(30-14-16-6-8-18(24)9-7-16)12-19(25)15-31-20-5-3-4-17(11-20)22(26)27/h2-9,11,19,21H,1,10,12-15H2,(H,26,27)/t19-,21-/m0/s1. The van der Waals surface area contributed by atoms with Gasteiger partial charge in [0.05, 0.1) is 30.9 Å². The highest BCUT2D eigenvalue weighted by Crippen LogP contribution is 2.24. The van der Waals surface area contributed by atoms with Gasteiger partial charge in [-0.15, -0.1) is 0 Å². The molecule has 2 atom stereocenters. The van der Waals surface area contributed by atoms with E-state index < -0.39 is 12.1 Å². The van der Waals surface area contributed by atoms with Crippen molar-refractivity contribution >= 4 is 28.0 Å². The number of amides is 1. The number of ether oxygens (including phenoxy) is 3. The molecule has 1 saturated heterocycles. The van der Waals surface area contributed by atoms with Gasteiger partial charge in [0.15, 0.2) is 0 Å². The van der Waals surface area contributed by atoms with E-state index in [1.807, 2.05) is 24.3 Å². The van der Waals surface area contributed by atoms with Crippen LogP contribution in [0.4, 0.5) is 4.79 Å². The summed E-state index contributed by atoms with van der Waals surface area (Å²) in [7, 11) is 0. The predicted octanol–water partition coefficient (Wildman–Crippen LogP) is 4.51. The summed E-state index contributed by atoms with van der Waals surface area (Å²) in [6.45, 7) is 4.70. The zero-order valence-electron chi connectivity index (χ0n) is 16.9. The first-order valence-corrected chi connectivity index (χ1v) is 10.6. The number of hydrogen-bond acceptors (Lipinski definition) is 5. The molecule has 0 radical (unpaired) electrons. The molecule has 3 rings (SSSR count). The van der Waals surface area contributed by atoms with Crippen LogP contribution in [0.15, 0.2) is 65.7 Å². The first-order valence-electron chi connectivity index (χ1n) is 9.82. The fraction of sp³-hybridized carbons (Fsp3) is 0.304. The maximum atomic E-state index is 12.5. The summed E-state index contributed by atoms with van der Waals surface area (Å²) in [5.41, 5.74) is 1.18. The predicted molar refractivity (Wildman–Crippen MR) is 118 cm³/mol. The summed E-state index contributed by atoms with van der Waals surface area (Å²) in [6, 6.07) is 13.9. The summed E-state index contributed by atoms with van der Waals surface area (Å²) in [6.07, 6.45) is 1.47. The monoisotopic (exact) mass is 489 g/mol. The number of carbonyl (C=O) groups excluding carboxylic acids is 1. The number of carboxylic acid groups (broad SMARTS) is 1. The average Bonchev–Trinajstić information content (AvgIpc) is 3.19. The van der Waals surface area contributed by atoms with Crippen molar-refractivity contribution in [2.45, 2.75) is 25.2 Å². The highest BCUT2D eigenvalue weighted by molar-refractivity contribution is 9.10. The zero-order chi connectivity index (χ0) is 22.2. The maximum absolute atomic E-state index is 12.5. The SMILES string of the molecule is C=CCOC(=O)N1C[C@@H](OCc2ccc(Br)cc2)C[C@H]1COc1cccc(C(=O)O)c1. The number of hydrogen-bond donors (Lipinski definition) is 1. The van der Waals surface area contributed by atoms with Crippen molar-refractivity contribution in [3.05, 3.63) is 76.8 Å². The second-order valence-corrected chi connectivity index (χ2v) is 8.03. The molecule has 1 N–H and O–H groups in total. The van der Waals surface area contributed by atoms with Gasteiger partial charge in [0.1, 0.15) is 19.0 Å². The molecule has 31 heavy (non-hydrogen) atoms. The summed E-state index contributed by atoms with van der Waals surface area (Å²) < 4.78 is 18.0. The number of rotatable bonds is 9. The quantitative estimate of drug-likeness (QED) is 0.521. The van der Waals surface area contributed by atoms with Crippen LogP contribution in [0.1, 0.15) is 22.3 Å². The molecule has 2 aromatic carbocycles. The Bertz CT molecular complexity index is 917. The zero-order valence-corrected chi connectivity index (χ0v) is 18.5. The van der Waals surface area contributed by atoms with Gasteiger partial charge in [0.2, 0.25) is 0 Å². The maximum Gasteiger partial charge on any atom is 0.410 e. The smallest absolute Gasteiger partial charge is 0.410 e. The Morgan fingerprint density at radius 3 is 2.71 bits per heavy atom. The van der Waals surface area contributed by atoms with Gasteiger partial charge >= 0.3 is 12.1 Å². The first-order chi connectivity index (χ1) is 15.0. The van der Waals surface area contributed by atoms with E-state index in [1.165, 1.54) is 18.2 Å². The van der Waals surface area contributed by atoms with E-state index in [0.717, 1.165) is 10.0 Å².